The lowest BCUT2D eigenvalue weighted by atomic mass is 10.2. The predicted octanol–water partition coefficient (Wildman–Crippen LogP) is 5.50. The van der Waals surface area contributed by atoms with E-state index >= 15 is 0 Å². The maximum Gasteiger partial charge on any atom is 0.269 e. The first-order valence-electron chi connectivity index (χ1n) is 7.93. The van der Waals surface area contributed by atoms with Gasteiger partial charge in [0.25, 0.3) is 5.56 Å². The van der Waals surface area contributed by atoms with Crippen molar-refractivity contribution in [2.24, 2.45) is 0 Å². The molecule has 0 aliphatic rings. The zero-order chi connectivity index (χ0) is 19.8. The van der Waals surface area contributed by atoms with Crippen LogP contribution in [0.3, 0.4) is 0 Å². The molecule has 0 amide bonds. The molecule has 4 aromatic rings. The molecule has 5 nitrogen and oxygen atoms in total. The molecule has 1 N–H and O–H groups in total. The average molecular weight is 456 g/mol. The van der Waals surface area contributed by atoms with Crippen LogP contribution in [0.4, 0.5) is 4.39 Å². The lowest BCUT2D eigenvalue weighted by Crippen LogP contribution is -2.21. The maximum absolute atomic E-state index is 14.1. The fraction of sp³-hybridized carbons (Fsp3) is 0.0556. The summed E-state index contributed by atoms with van der Waals surface area (Å²) in [5.41, 5.74) is 0.703. The summed E-state index contributed by atoms with van der Waals surface area (Å²) >= 11 is 19.6. The number of thioether (sulfide) groups is 1. The third kappa shape index (κ3) is 3.51. The lowest BCUT2D eigenvalue weighted by molar-refractivity contribution is 0.617. The molecule has 0 spiro atoms. The van der Waals surface area contributed by atoms with Crippen LogP contribution in [0.1, 0.15) is 5.56 Å². The number of H-pyrrole nitrogens is 1. The van der Waals surface area contributed by atoms with Crippen LogP contribution in [-0.2, 0) is 5.75 Å². The zero-order valence-electron chi connectivity index (χ0n) is 13.9. The van der Waals surface area contributed by atoms with Gasteiger partial charge in [-0.1, -0.05) is 52.6 Å². The van der Waals surface area contributed by atoms with E-state index in [0.717, 1.165) is 11.8 Å². The third-order valence-corrected chi connectivity index (χ3v) is 5.87. The number of rotatable bonds is 4. The first-order chi connectivity index (χ1) is 13.5. The molecule has 0 saturated carbocycles. The minimum atomic E-state index is -0.430. The summed E-state index contributed by atoms with van der Waals surface area (Å²) < 4.78 is 15.5. The first kappa shape index (κ1) is 19.3. The van der Waals surface area contributed by atoms with Crippen molar-refractivity contribution in [2.45, 2.75) is 10.9 Å². The molecule has 0 bridgehead atoms. The van der Waals surface area contributed by atoms with Gasteiger partial charge in [0, 0.05) is 21.4 Å². The Morgan fingerprint density at radius 3 is 2.71 bits per heavy atom. The number of benzene rings is 2. The van der Waals surface area contributed by atoms with E-state index in [9.17, 15) is 9.18 Å². The van der Waals surface area contributed by atoms with Gasteiger partial charge >= 0.3 is 0 Å². The number of nitrogens with one attached hydrogen (secondary N) is 1. The highest BCUT2D eigenvalue weighted by Gasteiger charge is 2.18. The molecule has 0 unspecified atom stereocenters. The first-order valence-corrected chi connectivity index (χ1v) is 10.0. The van der Waals surface area contributed by atoms with Crippen molar-refractivity contribution < 1.29 is 4.39 Å². The number of halogens is 4. The Kier molecular flexibility index (Phi) is 5.33. The van der Waals surface area contributed by atoms with Gasteiger partial charge in [0.15, 0.2) is 10.8 Å². The molecule has 142 valence electrons. The Labute approximate surface area is 177 Å². The Morgan fingerprint density at radius 2 is 1.96 bits per heavy atom. The Morgan fingerprint density at radius 1 is 1.14 bits per heavy atom. The number of nitrogens with zero attached hydrogens (tertiary/aromatic N) is 3. The Hall–Kier alpha value is -2.06. The number of aromatic nitrogens is 4. The van der Waals surface area contributed by atoms with Crippen LogP contribution in [-0.4, -0.2) is 19.7 Å². The highest BCUT2D eigenvalue weighted by molar-refractivity contribution is 7.98. The summed E-state index contributed by atoms with van der Waals surface area (Å²) in [6.45, 7) is 0. The summed E-state index contributed by atoms with van der Waals surface area (Å²) in [5, 5.41) is 8.19. The number of fused-ring (bicyclic) bond motifs is 1. The van der Waals surface area contributed by atoms with Crippen molar-refractivity contribution in [3.63, 3.8) is 0 Å². The SMILES string of the molecule is O=c1c2cn[nH]c2nc(SCc2c(F)cccc2Cl)n1-c1ccc(Cl)cc1Cl. The molecule has 28 heavy (non-hydrogen) atoms. The lowest BCUT2D eigenvalue weighted by Gasteiger charge is -2.14. The number of hydrogen-bond donors (Lipinski definition) is 1. The van der Waals surface area contributed by atoms with Gasteiger partial charge in [0.05, 0.1) is 16.9 Å². The topological polar surface area (TPSA) is 63.6 Å². The number of aromatic amines is 1. The van der Waals surface area contributed by atoms with Gasteiger partial charge in [-0.05, 0) is 30.3 Å². The molecule has 0 aliphatic carbocycles. The Balaban J connectivity index is 1.86. The summed E-state index contributed by atoms with van der Waals surface area (Å²) in [7, 11) is 0. The van der Waals surface area contributed by atoms with E-state index in [-0.39, 0.29) is 16.3 Å². The van der Waals surface area contributed by atoms with Crippen molar-refractivity contribution in [3.05, 3.63) is 79.4 Å². The fourth-order valence-electron chi connectivity index (χ4n) is 2.65. The predicted molar refractivity (Wildman–Crippen MR) is 110 cm³/mol. The molecule has 2 heterocycles. The van der Waals surface area contributed by atoms with E-state index < -0.39 is 5.82 Å². The molecule has 10 heteroatoms. The van der Waals surface area contributed by atoms with Crippen molar-refractivity contribution in [3.8, 4) is 5.69 Å². The highest BCUT2D eigenvalue weighted by atomic mass is 35.5. The second-order valence-corrected chi connectivity index (χ2v) is 7.95. The van der Waals surface area contributed by atoms with E-state index in [2.05, 4.69) is 15.2 Å². The minimum absolute atomic E-state index is 0.169. The third-order valence-electron chi connectivity index (χ3n) is 4.01. The van der Waals surface area contributed by atoms with Crippen molar-refractivity contribution in [1.82, 2.24) is 19.7 Å². The van der Waals surface area contributed by atoms with E-state index in [0.29, 0.717) is 37.5 Å². The van der Waals surface area contributed by atoms with Gasteiger partial charge in [-0.3, -0.25) is 14.5 Å². The largest absolute Gasteiger partial charge is 0.269 e. The summed E-state index contributed by atoms with van der Waals surface area (Å²) in [4.78, 5) is 17.5. The molecule has 0 fully saturated rings. The molecule has 0 saturated heterocycles. The minimum Gasteiger partial charge on any atom is -0.268 e. The second kappa shape index (κ2) is 7.75. The summed E-state index contributed by atoms with van der Waals surface area (Å²) in [6, 6.07) is 9.25. The van der Waals surface area contributed by atoms with E-state index in [1.165, 1.54) is 29.0 Å². The second-order valence-electron chi connectivity index (χ2n) is 5.75. The van der Waals surface area contributed by atoms with Crippen molar-refractivity contribution >= 4 is 57.6 Å². The molecule has 4 rings (SSSR count). The van der Waals surface area contributed by atoms with Crippen LogP contribution in [0.5, 0.6) is 0 Å². The summed E-state index contributed by atoms with van der Waals surface area (Å²) in [6.07, 6.45) is 1.40. The van der Waals surface area contributed by atoms with E-state index in [1.54, 1.807) is 18.2 Å². The van der Waals surface area contributed by atoms with Gasteiger partial charge in [0.2, 0.25) is 0 Å². The Bertz CT molecular complexity index is 1240. The van der Waals surface area contributed by atoms with Gasteiger partial charge in [-0.2, -0.15) is 5.10 Å². The smallest absolute Gasteiger partial charge is 0.268 e. The number of hydrogen-bond acceptors (Lipinski definition) is 4. The molecule has 2 aromatic carbocycles. The normalized spacial score (nSPS) is 11.3. The molecule has 0 aliphatic heterocycles. The van der Waals surface area contributed by atoms with Crippen LogP contribution in [0.2, 0.25) is 15.1 Å². The molecular formula is C18H10Cl3FN4OS. The molecule has 0 radical (unpaired) electrons. The van der Waals surface area contributed by atoms with Gasteiger partial charge in [-0.15, -0.1) is 0 Å². The monoisotopic (exact) mass is 454 g/mol. The molecular weight excluding hydrogens is 446 g/mol. The van der Waals surface area contributed by atoms with E-state index in [1.807, 2.05) is 0 Å². The quantitative estimate of drug-likeness (QED) is 0.326. The maximum atomic E-state index is 14.1. The molecule has 0 atom stereocenters. The zero-order valence-corrected chi connectivity index (χ0v) is 17.0. The van der Waals surface area contributed by atoms with Crippen LogP contribution < -0.4 is 5.56 Å². The van der Waals surface area contributed by atoms with Gasteiger partial charge in [0.1, 0.15) is 11.2 Å². The van der Waals surface area contributed by atoms with Gasteiger partial charge in [-0.25, -0.2) is 9.37 Å². The average Bonchev–Trinajstić information content (AvgIpc) is 3.11. The highest BCUT2D eigenvalue weighted by Crippen LogP contribution is 2.31. The van der Waals surface area contributed by atoms with Crippen molar-refractivity contribution in [1.29, 1.82) is 0 Å². The van der Waals surface area contributed by atoms with Crippen LogP contribution in [0.25, 0.3) is 16.7 Å². The van der Waals surface area contributed by atoms with Crippen molar-refractivity contribution in [2.75, 3.05) is 0 Å². The van der Waals surface area contributed by atoms with Gasteiger partial charge < -0.3 is 0 Å². The standard InChI is InChI=1S/C18H10Cl3FN4OS/c19-9-4-5-15(13(21)6-9)26-17(27)10-7-23-25-16(10)24-18(26)28-8-11-12(20)2-1-3-14(11)22/h1-7H,8H2,(H,23,25). The summed E-state index contributed by atoms with van der Waals surface area (Å²) in [5.74, 6) is -0.260. The van der Waals surface area contributed by atoms with Crippen LogP contribution in [0, 0.1) is 5.82 Å². The van der Waals surface area contributed by atoms with Crippen LogP contribution in [0.15, 0.2) is 52.5 Å². The fourth-order valence-corrected chi connectivity index (χ4v) is 4.49. The van der Waals surface area contributed by atoms with Crippen LogP contribution >= 0.6 is 46.6 Å². The molecule has 2 aromatic heterocycles. The van der Waals surface area contributed by atoms with E-state index in [4.69, 9.17) is 34.8 Å².